The SMILES string of the molecule is Cc1ccc(Cn2c(=O)c3sccc3n3c(=S)sc(-c4ccccc4)c23)cc1. The molecule has 0 saturated carbocycles. The zero-order valence-corrected chi connectivity index (χ0v) is 17.5. The molecule has 0 radical (unpaired) electrons. The Balaban J connectivity index is 1.88. The van der Waals surface area contributed by atoms with Crippen LogP contribution >= 0.6 is 34.9 Å². The van der Waals surface area contributed by atoms with Crippen LogP contribution in [0.3, 0.4) is 0 Å². The highest BCUT2D eigenvalue weighted by Crippen LogP contribution is 2.34. The largest absolute Gasteiger partial charge is 0.287 e. The van der Waals surface area contributed by atoms with Gasteiger partial charge in [0.25, 0.3) is 5.56 Å². The van der Waals surface area contributed by atoms with Crippen LogP contribution in [-0.2, 0) is 6.54 Å². The van der Waals surface area contributed by atoms with Crippen molar-refractivity contribution >= 4 is 50.8 Å². The zero-order valence-electron chi connectivity index (χ0n) is 15.1. The number of nitrogens with zero attached hydrogens (tertiary/aromatic N) is 2. The summed E-state index contributed by atoms with van der Waals surface area (Å²) in [5.41, 5.74) is 5.19. The highest BCUT2D eigenvalue weighted by atomic mass is 32.1. The maximum atomic E-state index is 13.4. The monoisotopic (exact) mass is 420 g/mol. The number of hydrogen-bond acceptors (Lipinski definition) is 4. The third-order valence-electron chi connectivity index (χ3n) is 4.86. The molecule has 0 aliphatic rings. The number of aryl methyl sites for hydroxylation is 1. The Morgan fingerprint density at radius 3 is 2.50 bits per heavy atom. The topological polar surface area (TPSA) is 26.4 Å². The fourth-order valence-corrected chi connectivity index (χ4v) is 5.74. The van der Waals surface area contributed by atoms with Crippen LogP contribution in [0.2, 0.25) is 0 Å². The average molecular weight is 421 g/mol. The smallest absolute Gasteiger partial charge is 0.271 e. The highest BCUT2D eigenvalue weighted by molar-refractivity contribution is 7.73. The van der Waals surface area contributed by atoms with Crippen molar-refractivity contribution < 1.29 is 0 Å². The molecule has 3 aromatic heterocycles. The average Bonchev–Trinajstić information content (AvgIpc) is 3.32. The molecule has 2 aromatic carbocycles. The molecular formula is C22H16N2OS3. The van der Waals surface area contributed by atoms with E-state index in [4.69, 9.17) is 12.2 Å². The first kappa shape index (κ1) is 17.6. The van der Waals surface area contributed by atoms with Gasteiger partial charge in [-0.2, -0.15) is 0 Å². The second-order valence-electron chi connectivity index (χ2n) is 6.73. The van der Waals surface area contributed by atoms with Gasteiger partial charge in [-0.3, -0.25) is 13.8 Å². The van der Waals surface area contributed by atoms with Gasteiger partial charge in [-0.05, 0) is 41.7 Å². The highest BCUT2D eigenvalue weighted by Gasteiger charge is 2.19. The predicted molar refractivity (Wildman–Crippen MR) is 121 cm³/mol. The standard InChI is InChI=1S/C22H16N2OS3/c1-14-7-9-15(10-8-14)13-23-20-18(16-5-3-2-4-6-16)28-22(26)24(20)17-11-12-27-19(17)21(23)25/h2-12H,13H2,1H3. The van der Waals surface area contributed by atoms with Gasteiger partial charge >= 0.3 is 0 Å². The zero-order chi connectivity index (χ0) is 19.3. The summed E-state index contributed by atoms with van der Waals surface area (Å²) in [5.74, 6) is 0. The van der Waals surface area contributed by atoms with Crippen molar-refractivity contribution in [3.05, 3.63) is 91.5 Å². The Bertz CT molecular complexity index is 1420. The van der Waals surface area contributed by atoms with Crippen LogP contribution in [0.1, 0.15) is 11.1 Å². The summed E-state index contributed by atoms with van der Waals surface area (Å²) in [6, 6.07) is 20.5. The summed E-state index contributed by atoms with van der Waals surface area (Å²) in [6.45, 7) is 2.58. The summed E-state index contributed by atoms with van der Waals surface area (Å²) < 4.78 is 5.44. The number of rotatable bonds is 3. The lowest BCUT2D eigenvalue weighted by atomic mass is 10.1. The summed E-state index contributed by atoms with van der Waals surface area (Å²) in [6.07, 6.45) is 0. The normalized spacial score (nSPS) is 11.5. The minimum atomic E-state index is 0.0376. The van der Waals surface area contributed by atoms with E-state index in [0.29, 0.717) is 6.54 Å². The van der Waals surface area contributed by atoms with Crippen molar-refractivity contribution in [1.82, 2.24) is 8.97 Å². The van der Waals surface area contributed by atoms with Gasteiger partial charge in [0.15, 0.2) is 3.95 Å². The molecular weight excluding hydrogens is 404 g/mol. The molecule has 3 heterocycles. The van der Waals surface area contributed by atoms with Crippen molar-refractivity contribution in [3.63, 3.8) is 0 Å². The summed E-state index contributed by atoms with van der Waals surface area (Å²) in [5, 5.41) is 1.96. The molecule has 28 heavy (non-hydrogen) atoms. The lowest BCUT2D eigenvalue weighted by Crippen LogP contribution is -2.22. The maximum absolute atomic E-state index is 13.4. The summed E-state index contributed by atoms with van der Waals surface area (Å²) in [4.78, 5) is 14.4. The number of thiophene rings is 1. The van der Waals surface area contributed by atoms with Gasteiger partial charge in [0.2, 0.25) is 0 Å². The van der Waals surface area contributed by atoms with Crippen LogP contribution in [-0.4, -0.2) is 8.97 Å². The van der Waals surface area contributed by atoms with E-state index < -0.39 is 0 Å². The van der Waals surface area contributed by atoms with E-state index in [1.807, 2.05) is 34.2 Å². The number of aromatic nitrogens is 2. The Kier molecular flexibility index (Phi) is 4.27. The minimum Gasteiger partial charge on any atom is -0.287 e. The Hall–Kier alpha value is -2.54. The van der Waals surface area contributed by atoms with Gasteiger partial charge in [-0.15, -0.1) is 22.7 Å². The number of thiazole rings is 1. The molecule has 138 valence electrons. The van der Waals surface area contributed by atoms with Gasteiger partial charge in [0, 0.05) is 0 Å². The van der Waals surface area contributed by atoms with E-state index in [9.17, 15) is 4.79 Å². The van der Waals surface area contributed by atoms with Crippen molar-refractivity contribution in [2.24, 2.45) is 0 Å². The quantitative estimate of drug-likeness (QED) is 0.328. The van der Waals surface area contributed by atoms with E-state index >= 15 is 0 Å². The summed E-state index contributed by atoms with van der Waals surface area (Å²) >= 11 is 8.75. The van der Waals surface area contributed by atoms with Crippen LogP contribution < -0.4 is 5.56 Å². The second-order valence-corrected chi connectivity index (χ2v) is 9.29. The van der Waals surface area contributed by atoms with Crippen LogP contribution in [0.15, 0.2) is 70.8 Å². The molecule has 5 aromatic rings. The van der Waals surface area contributed by atoms with E-state index in [1.54, 1.807) is 11.3 Å². The van der Waals surface area contributed by atoms with Crippen LogP contribution in [0, 0.1) is 10.9 Å². The number of hydrogen-bond donors (Lipinski definition) is 0. The molecule has 0 fully saturated rings. The third kappa shape index (κ3) is 2.76. The van der Waals surface area contributed by atoms with Crippen molar-refractivity contribution in [1.29, 1.82) is 0 Å². The van der Waals surface area contributed by atoms with Crippen molar-refractivity contribution in [2.75, 3.05) is 0 Å². The van der Waals surface area contributed by atoms with E-state index in [1.165, 1.54) is 16.9 Å². The fourth-order valence-electron chi connectivity index (χ4n) is 3.48. The van der Waals surface area contributed by atoms with Crippen LogP contribution in [0.5, 0.6) is 0 Å². The molecule has 0 atom stereocenters. The van der Waals surface area contributed by atoms with E-state index in [2.05, 4.69) is 47.7 Å². The van der Waals surface area contributed by atoms with Gasteiger partial charge in [0.1, 0.15) is 10.3 Å². The molecule has 0 N–H and O–H groups in total. The third-order valence-corrected chi connectivity index (χ3v) is 7.17. The predicted octanol–water partition coefficient (Wildman–Crippen LogP) is 6.13. The van der Waals surface area contributed by atoms with Gasteiger partial charge in [0.05, 0.1) is 16.9 Å². The molecule has 0 spiro atoms. The fraction of sp³-hybridized carbons (Fsp3) is 0.0909. The molecule has 0 amide bonds. The van der Waals surface area contributed by atoms with Crippen molar-refractivity contribution in [3.8, 4) is 10.4 Å². The molecule has 0 unspecified atom stereocenters. The molecule has 0 aliphatic carbocycles. The number of benzene rings is 2. The summed E-state index contributed by atoms with van der Waals surface area (Å²) in [7, 11) is 0. The van der Waals surface area contributed by atoms with Gasteiger partial charge in [-0.25, -0.2) is 0 Å². The molecule has 3 nitrogen and oxygen atoms in total. The molecule has 0 bridgehead atoms. The van der Waals surface area contributed by atoms with Crippen molar-refractivity contribution in [2.45, 2.75) is 13.5 Å². The Morgan fingerprint density at radius 2 is 1.75 bits per heavy atom. The first-order valence-electron chi connectivity index (χ1n) is 8.90. The molecule has 0 saturated heterocycles. The van der Waals surface area contributed by atoms with Gasteiger partial charge in [-0.1, -0.05) is 60.2 Å². The Labute approximate surface area is 174 Å². The molecule has 5 rings (SSSR count). The van der Waals surface area contributed by atoms with Crippen LogP contribution in [0.25, 0.3) is 26.3 Å². The lowest BCUT2D eigenvalue weighted by Gasteiger charge is -2.12. The number of fused-ring (bicyclic) bond motifs is 3. The minimum absolute atomic E-state index is 0.0376. The molecule has 6 heteroatoms. The first-order chi connectivity index (χ1) is 13.6. The maximum Gasteiger partial charge on any atom is 0.271 e. The van der Waals surface area contributed by atoms with E-state index in [0.717, 1.165) is 35.8 Å². The van der Waals surface area contributed by atoms with E-state index in [-0.39, 0.29) is 5.56 Å². The van der Waals surface area contributed by atoms with Crippen LogP contribution in [0.4, 0.5) is 0 Å². The Morgan fingerprint density at radius 1 is 1.00 bits per heavy atom. The lowest BCUT2D eigenvalue weighted by molar-refractivity contribution is 0.782. The second kappa shape index (κ2) is 6.81. The first-order valence-corrected chi connectivity index (χ1v) is 11.0. The van der Waals surface area contributed by atoms with Gasteiger partial charge < -0.3 is 0 Å². The molecule has 0 aliphatic heterocycles.